The smallest absolute Gasteiger partial charge is 0.310 e. The minimum atomic E-state index is -3.07. The molecule has 1 aliphatic rings. The molecule has 138 valence electrons. The third-order valence-electron chi connectivity index (χ3n) is 3.85. The SMILES string of the molecule is Cc1ccc(OCCC(=O)O[C@@H](C)C(=O)N[C@H]2CCS(=O)(=O)C2)cc1. The summed E-state index contributed by atoms with van der Waals surface area (Å²) >= 11 is 0. The van der Waals surface area contributed by atoms with E-state index in [1.807, 2.05) is 31.2 Å². The first-order valence-corrected chi connectivity index (χ1v) is 9.97. The molecule has 0 unspecified atom stereocenters. The fourth-order valence-electron chi connectivity index (χ4n) is 2.42. The average molecular weight is 369 g/mol. The van der Waals surface area contributed by atoms with Gasteiger partial charge in [0.05, 0.1) is 24.5 Å². The van der Waals surface area contributed by atoms with E-state index in [-0.39, 0.29) is 24.5 Å². The first-order valence-electron chi connectivity index (χ1n) is 8.15. The van der Waals surface area contributed by atoms with Crippen molar-refractivity contribution in [1.29, 1.82) is 0 Å². The molecule has 1 aliphatic heterocycles. The van der Waals surface area contributed by atoms with E-state index in [9.17, 15) is 18.0 Å². The molecule has 8 heteroatoms. The molecule has 0 aromatic heterocycles. The molecule has 1 aromatic carbocycles. The lowest BCUT2D eigenvalue weighted by atomic mass is 10.2. The van der Waals surface area contributed by atoms with E-state index in [2.05, 4.69) is 5.32 Å². The van der Waals surface area contributed by atoms with Crippen molar-refractivity contribution >= 4 is 21.7 Å². The lowest BCUT2D eigenvalue weighted by Gasteiger charge is -2.16. The lowest BCUT2D eigenvalue weighted by Crippen LogP contribution is -2.42. The van der Waals surface area contributed by atoms with Crippen LogP contribution in [0.5, 0.6) is 5.75 Å². The van der Waals surface area contributed by atoms with Crippen molar-refractivity contribution in [3.63, 3.8) is 0 Å². The summed E-state index contributed by atoms with van der Waals surface area (Å²) in [4.78, 5) is 23.7. The van der Waals surface area contributed by atoms with Crippen LogP contribution in [0.2, 0.25) is 0 Å². The van der Waals surface area contributed by atoms with Gasteiger partial charge in [0.25, 0.3) is 5.91 Å². The van der Waals surface area contributed by atoms with Gasteiger partial charge in [-0.2, -0.15) is 0 Å². The van der Waals surface area contributed by atoms with Crippen LogP contribution in [-0.4, -0.2) is 50.6 Å². The molecular weight excluding hydrogens is 346 g/mol. The Morgan fingerprint density at radius 1 is 1.28 bits per heavy atom. The number of nitrogens with one attached hydrogen (secondary N) is 1. The maximum Gasteiger partial charge on any atom is 0.310 e. The van der Waals surface area contributed by atoms with E-state index in [0.717, 1.165) is 5.56 Å². The van der Waals surface area contributed by atoms with E-state index in [1.54, 1.807) is 0 Å². The van der Waals surface area contributed by atoms with Crippen LogP contribution < -0.4 is 10.1 Å². The van der Waals surface area contributed by atoms with Crippen molar-refractivity contribution in [2.75, 3.05) is 18.1 Å². The fraction of sp³-hybridized carbons (Fsp3) is 0.529. The van der Waals surface area contributed by atoms with Gasteiger partial charge in [-0.1, -0.05) is 17.7 Å². The second-order valence-electron chi connectivity index (χ2n) is 6.15. The highest BCUT2D eigenvalue weighted by Gasteiger charge is 2.30. The number of carbonyl (C=O) groups is 2. The highest BCUT2D eigenvalue weighted by molar-refractivity contribution is 7.91. The molecule has 0 saturated carbocycles. The summed E-state index contributed by atoms with van der Waals surface area (Å²) in [5, 5.41) is 2.60. The van der Waals surface area contributed by atoms with Crippen LogP contribution in [0.1, 0.15) is 25.3 Å². The van der Waals surface area contributed by atoms with Gasteiger partial charge >= 0.3 is 5.97 Å². The van der Waals surface area contributed by atoms with Gasteiger partial charge in [0.1, 0.15) is 5.75 Å². The molecule has 1 saturated heterocycles. The third kappa shape index (κ3) is 6.38. The summed E-state index contributed by atoms with van der Waals surface area (Å²) in [6.45, 7) is 3.57. The molecule has 1 aromatic rings. The number of hydrogen-bond acceptors (Lipinski definition) is 6. The molecule has 1 heterocycles. The van der Waals surface area contributed by atoms with Gasteiger partial charge in [0.15, 0.2) is 15.9 Å². The van der Waals surface area contributed by atoms with Crippen molar-refractivity contribution < 1.29 is 27.5 Å². The zero-order valence-electron chi connectivity index (χ0n) is 14.4. The van der Waals surface area contributed by atoms with Gasteiger partial charge in [-0.05, 0) is 32.4 Å². The van der Waals surface area contributed by atoms with Gasteiger partial charge in [-0.3, -0.25) is 9.59 Å². The van der Waals surface area contributed by atoms with Crippen molar-refractivity contribution in [3.8, 4) is 5.75 Å². The van der Waals surface area contributed by atoms with Crippen LogP contribution in [0.4, 0.5) is 0 Å². The van der Waals surface area contributed by atoms with Crippen LogP contribution >= 0.6 is 0 Å². The number of sulfone groups is 1. The van der Waals surface area contributed by atoms with E-state index in [0.29, 0.717) is 12.2 Å². The van der Waals surface area contributed by atoms with Gasteiger partial charge < -0.3 is 14.8 Å². The predicted molar refractivity (Wildman–Crippen MR) is 92.0 cm³/mol. The molecule has 0 bridgehead atoms. The van der Waals surface area contributed by atoms with E-state index >= 15 is 0 Å². The second kappa shape index (κ2) is 8.33. The first-order chi connectivity index (χ1) is 11.7. The number of benzene rings is 1. The Hall–Kier alpha value is -2.09. The Labute approximate surface area is 147 Å². The second-order valence-corrected chi connectivity index (χ2v) is 8.38. The maximum absolute atomic E-state index is 12.0. The summed E-state index contributed by atoms with van der Waals surface area (Å²) in [5.74, 6) is -0.373. The number of hydrogen-bond donors (Lipinski definition) is 1. The average Bonchev–Trinajstić information content (AvgIpc) is 2.88. The van der Waals surface area contributed by atoms with Crippen molar-refractivity contribution in [2.45, 2.75) is 38.8 Å². The van der Waals surface area contributed by atoms with E-state index < -0.39 is 33.9 Å². The third-order valence-corrected chi connectivity index (χ3v) is 5.62. The monoisotopic (exact) mass is 369 g/mol. The maximum atomic E-state index is 12.0. The first kappa shape index (κ1) is 19.2. The highest BCUT2D eigenvalue weighted by atomic mass is 32.2. The number of aryl methyl sites for hydroxylation is 1. The summed E-state index contributed by atoms with van der Waals surface area (Å²) in [6.07, 6.45) is -0.571. The Balaban J connectivity index is 1.68. The summed E-state index contributed by atoms with van der Waals surface area (Å²) in [5.41, 5.74) is 1.11. The number of amides is 1. The topological polar surface area (TPSA) is 98.8 Å². The standard InChI is InChI=1S/C17H23NO6S/c1-12-3-5-15(6-4-12)23-9-7-16(19)24-13(2)17(20)18-14-8-10-25(21,22)11-14/h3-6,13-14H,7-11H2,1-2H3,(H,18,20)/t13-,14-/m0/s1. The predicted octanol–water partition coefficient (Wildman–Crippen LogP) is 0.999. The number of esters is 1. The molecule has 0 aliphatic carbocycles. The molecule has 7 nitrogen and oxygen atoms in total. The zero-order valence-corrected chi connectivity index (χ0v) is 15.2. The number of carbonyl (C=O) groups excluding carboxylic acids is 2. The molecule has 25 heavy (non-hydrogen) atoms. The Bertz CT molecular complexity index is 713. The largest absolute Gasteiger partial charge is 0.493 e. The summed E-state index contributed by atoms with van der Waals surface area (Å²) < 4.78 is 33.2. The van der Waals surface area contributed by atoms with Crippen molar-refractivity contribution in [1.82, 2.24) is 5.32 Å². The fourth-order valence-corrected chi connectivity index (χ4v) is 4.10. The van der Waals surface area contributed by atoms with Gasteiger partial charge in [0.2, 0.25) is 0 Å². The summed E-state index contributed by atoms with van der Waals surface area (Å²) in [6, 6.07) is 7.02. The highest BCUT2D eigenvalue weighted by Crippen LogP contribution is 2.13. The van der Waals surface area contributed by atoms with Crippen molar-refractivity contribution in [2.24, 2.45) is 0 Å². The van der Waals surface area contributed by atoms with Gasteiger partial charge in [-0.15, -0.1) is 0 Å². The molecule has 0 radical (unpaired) electrons. The van der Waals surface area contributed by atoms with Crippen LogP contribution in [0.25, 0.3) is 0 Å². The van der Waals surface area contributed by atoms with Gasteiger partial charge in [0, 0.05) is 6.04 Å². The minimum absolute atomic E-state index is 0.0172. The van der Waals surface area contributed by atoms with Crippen LogP contribution in [0, 0.1) is 6.92 Å². The molecule has 2 rings (SSSR count). The van der Waals surface area contributed by atoms with E-state index in [1.165, 1.54) is 6.92 Å². The quantitative estimate of drug-likeness (QED) is 0.720. The van der Waals surface area contributed by atoms with Crippen molar-refractivity contribution in [3.05, 3.63) is 29.8 Å². The normalized spacial score (nSPS) is 19.8. The molecule has 0 spiro atoms. The number of rotatable bonds is 7. The Morgan fingerprint density at radius 2 is 1.96 bits per heavy atom. The zero-order chi connectivity index (χ0) is 18.4. The Kier molecular flexibility index (Phi) is 6.41. The molecule has 1 fully saturated rings. The minimum Gasteiger partial charge on any atom is -0.493 e. The van der Waals surface area contributed by atoms with Crippen LogP contribution in [0.15, 0.2) is 24.3 Å². The summed E-state index contributed by atoms with van der Waals surface area (Å²) in [7, 11) is -3.07. The lowest BCUT2D eigenvalue weighted by molar-refractivity contribution is -0.155. The molecule has 2 atom stereocenters. The van der Waals surface area contributed by atoms with Crippen LogP contribution in [0.3, 0.4) is 0 Å². The molecule has 1 N–H and O–H groups in total. The van der Waals surface area contributed by atoms with E-state index in [4.69, 9.17) is 9.47 Å². The van der Waals surface area contributed by atoms with Gasteiger partial charge in [-0.25, -0.2) is 8.42 Å². The molecular formula is C17H23NO6S. The molecule has 1 amide bonds. The Morgan fingerprint density at radius 3 is 2.56 bits per heavy atom. The number of ether oxygens (including phenoxy) is 2. The van der Waals surface area contributed by atoms with Crippen LogP contribution in [-0.2, 0) is 24.2 Å².